The average molecular weight is 533 g/mol. The lowest BCUT2D eigenvalue weighted by atomic mass is 10.1. The van der Waals surface area contributed by atoms with E-state index in [1.165, 1.54) is 28.8 Å². The first kappa shape index (κ1) is 26.7. The number of fused-ring (bicyclic) bond motifs is 1. The first-order chi connectivity index (χ1) is 17.6. The van der Waals surface area contributed by atoms with Crippen molar-refractivity contribution < 1.29 is 27.5 Å². The highest BCUT2D eigenvalue weighted by molar-refractivity contribution is 8.18. The number of likely N-dealkylation sites (N-methyl/N-ethyl adjacent to an activating group) is 1. The van der Waals surface area contributed by atoms with Gasteiger partial charge in [-0.05, 0) is 66.3 Å². The van der Waals surface area contributed by atoms with Crippen molar-refractivity contribution in [2.75, 3.05) is 33.3 Å². The summed E-state index contributed by atoms with van der Waals surface area (Å²) in [6.45, 7) is 6.61. The smallest absolute Gasteiger partial charge is 0.416 e. The van der Waals surface area contributed by atoms with Crippen molar-refractivity contribution in [2.24, 2.45) is 0 Å². The van der Waals surface area contributed by atoms with Crippen LogP contribution < -0.4 is 4.74 Å². The Hall–Kier alpha value is -3.31. The number of hydrogen-bond donors (Lipinski definition) is 0. The van der Waals surface area contributed by atoms with Gasteiger partial charge < -0.3 is 9.64 Å². The van der Waals surface area contributed by atoms with Crippen LogP contribution in [0.1, 0.15) is 30.5 Å². The molecule has 0 N–H and O–H groups in total. The standard InChI is InChI=1S/C26H27F3N4O3S/c1-4-31(5-2)10-11-32-24(34)23(37-25(32)35)13-17-6-9-22-19(12-17)15-30-33(22)16-18-7-8-20(36-3)14-21(18)26(27,28)29/h6-9,12-15H,4-5,10-11,16H2,1-3H3. The fourth-order valence-electron chi connectivity index (χ4n) is 4.19. The summed E-state index contributed by atoms with van der Waals surface area (Å²) in [4.78, 5) is 29.0. The maximum absolute atomic E-state index is 13.6. The van der Waals surface area contributed by atoms with Crippen molar-refractivity contribution in [2.45, 2.75) is 26.6 Å². The summed E-state index contributed by atoms with van der Waals surface area (Å²) in [5, 5.41) is 4.69. The number of ether oxygens (including phenoxy) is 1. The van der Waals surface area contributed by atoms with Gasteiger partial charge in [-0.2, -0.15) is 18.3 Å². The molecular weight excluding hydrogens is 505 g/mol. The third kappa shape index (κ3) is 5.83. The summed E-state index contributed by atoms with van der Waals surface area (Å²) < 4.78 is 47.3. The number of benzene rings is 2. The molecule has 7 nitrogen and oxygen atoms in total. The molecule has 1 saturated heterocycles. The lowest BCUT2D eigenvalue weighted by Gasteiger charge is -2.20. The summed E-state index contributed by atoms with van der Waals surface area (Å²) in [6, 6.07) is 9.15. The molecule has 0 atom stereocenters. The number of carbonyl (C=O) groups excluding carboxylic acids is 2. The summed E-state index contributed by atoms with van der Waals surface area (Å²) in [7, 11) is 1.32. The van der Waals surface area contributed by atoms with Crippen molar-refractivity contribution in [3.05, 3.63) is 64.2 Å². The molecule has 11 heteroatoms. The average Bonchev–Trinajstić information content (AvgIpc) is 3.38. The van der Waals surface area contributed by atoms with Crippen LogP contribution in [-0.2, 0) is 17.5 Å². The summed E-state index contributed by atoms with van der Waals surface area (Å²) in [6.07, 6.45) is -1.31. The van der Waals surface area contributed by atoms with E-state index in [2.05, 4.69) is 10.00 Å². The second-order valence-corrected chi connectivity index (χ2v) is 9.49. The van der Waals surface area contributed by atoms with Crippen molar-refractivity contribution in [1.29, 1.82) is 0 Å². The minimum Gasteiger partial charge on any atom is -0.497 e. The van der Waals surface area contributed by atoms with E-state index in [-0.39, 0.29) is 29.0 Å². The second-order valence-electron chi connectivity index (χ2n) is 8.50. The molecule has 2 amide bonds. The Labute approximate surface area is 216 Å². The van der Waals surface area contributed by atoms with Crippen LogP contribution >= 0.6 is 11.8 Å². The highest BCUT2D eigenvalue weighted by Crippen LogP contribution is 2.35. The van der Waals surface area contributed by atoms with Gasteiger partial charge in [-0.1, -0.05) is 26.0 Å². The Morgan fingerprint density at radius 2 is 1.86 bits per heavy atom. The van der Waals surface area contributed by atoms with E-state index in [4.69, 9.17) is 4.74 Å². The Morgan fingerprint density at radius 3 is 2.54 bits per heavy atom. The Bertz CT molecular complexity index is 1350. The molecule has 37 heavy (non-hydrogen) atoms. The minimum atomic E-state index is -4.53. The number of methoxy groups -OCH3 is 1. The van der Waals surface area contributed by atoms with E-state index in [1.54, 1.807) is 30.5 Å². The molecule has 4 rings (SSSR count). The molecule has 0 unspecified atom stereocenters. The predicted octanol–water partition coefficient (Wildman–Crippen LogP) is 5.49. The molecule has 3 aromatic rings. The van der Waals surface area contributed by atoms with Crippen LogP contribution in [0.4, 0.5) is 18.0 Å². The highest BCUT2D eigenvalue weighted by atomic mass is 32.2. The molecule has 0 aliphatic carbocycles. The first-order valence-corrected chi connectivity index (χ1v) is 12.6. The molecule has 0 spiro atoms. The molecule has 196 valence electrons. The number of imide groups is 1. The Morgan fingerprint density at radius 1 is 1.11 bits per heavy atom. The number of amides is 2. The van der Waals surface area contributed by atoms with Gasteiger partial charge in [0.25, 0.3) is 11.1 Å². The normalized spacial score (nSPS) is 15.5. The fraction of sp³-hybridized carbons (Fsp3) is 0.346. The highest BCUT2D eigenvalue weighted by Gasteiger charge is 2.35. The monoisotopic (exact) mass is 532 g/mol. The van der Waals surface area contributed by atoms with E-state index in [9.17, 15) is 22.8 Å². The van der Waals surface area contributed by atoms with Crippen molar-refractivity contribution >= 4 is 39.9 Å². The third-order valence-electron chi connectivity index (χ3n) is 6.31. The molecular formula is C26H27F3N4O3S. The quantitative estimate of drug-likeness (QED) is 0.340. The zero-order valence-corrected chi connectivity index (χ0v) is 21.5. The molecule has 1 aliphatic rings. The van der Waals surface area contributed by atoms with Crippen molar-refractivity contribution in [3.8, 4) is 5.75 Å². The molecule has 1 aromatic heterocycles. The number of nitrogens with zero attached hydrogens (tertiary/aromatic N) is 4. The van der Waals surface area contributed by atoms with Crippen LogP contribution in [0.25, 0.3) is 17.0 Å². The number of aromatic nitrogens is 2. The Kier molecular flexibility index (Phi) is 7.93. The van der Waals surface area contributed by atoms with E-state index >= 15 is 0 Å². The number of halogens is 3. The molecule has 2 aromatic carbocycles. The number of hydrogen-bond acceptors (Lipinski definition) is 6. The zero-order chi connectivity index (χ0) is 26.7. The third-order valence-corrected chi connectivity index (χ3v) is 7.22. The molecule has 0 radical (unpaired) electrons. The summed E-state index contributed by atoms with van der Waals surface area (Å²) in [5.74, 6) is -0.194. The first-order valence-electron chi connectivity index (χ1n) is 11.8. The minimum absolute atomic E-state index is 0.0702. The lowest BCUT2D eigenvalue weighted by molar-refractivity contribution is -0.138. The van der Waals surface area contributed by atoms with Gasteiger partial charge in [0.2, 0.25) is 0 Å². The van der Waals surface area contributed by atoms with Gasteiger partial charge in [-0.3, -0.25) is 19.2 Å². The fourth-order valence-corrected chi connectivity index (χ4v) is 5.06. The van der Waals surface area contributed by atoms with Gasteiger partial charge >= 0.3 is 6.18 Å². The zero-order valence-electron chi connectivity index (χ0n) is 20.7. The maximum Gasteiger partial charge on any atom is 0.416 e. The van der Waals surface area contributed by atoms with Gasteiger partial charge in [-0.25, -0.2) is 0 Å². The molecule has 1 aliphatic heterocycles. The summed E-state index contributed by atoms with van der Waals surface area (Å²) >= 11 is 0.905. The summed E-state index contributed by atoms with van der Waals surface area (Å²) in [5.41, 5.74) is 0.639. The van der Waals surface area contributed by atoms with E-state index in [0.717, 1.165) is 30.9 Å². The number of thioether (sulfide) groups is 1. The number of alkyl halides is 3. The number of rotatable bonds is 9. The van der Waals surface area contributed by atoms with Gasteiger partial charge in [0.05, 0.1) is 35.8 Å². The predicted molar refractivity (Wildman–Crippen MR) is 137 cm³/mol. The topological polar surface area (TPSA) is 67.7 Å². The van der Waals surface area contributed by atoms with Crippen LogP contribution in [0, 0.1) is 0 Å². The number of carbonyl (C=O) groups is 2. The molecule has 0 bridgehead atoms. The molecule has 2 heterocycles. The largest absolute Gasteiger partial charge is 0.497 e. The van der Waals surface area contributed by atoms with Crippen LogP contribution in [0.3, 0.4) is 0 Å². The van der Waals surface area contributed by atoms with E-state index in [0.29, 0.717) is 34.5 Å². The Balaban J connectivity index is 1.55. The van der Waals surface area contributed by atoms with Gasteiger partial charge in [0.1, 0.15) is 5.75 Å². The van der Waals surface area contributed by atoms with Crippen molar-refractivity contribution in [3.63, 3.8) is 0 Å². The second kappa shape index (κ2) is 11.0. The van der Waals surface area contributed by atoms with E-state index < -0.39 is 11.7 Å². The maximum atomic E-state index is 13.6. The molecule has 0 saturated carbocycles. The van der Waals surface area contributed by atoms with Gasteiger partial charge in [0.15, 0.2) is 0 Å². The van der Waals surface area contributed by atoms with Crippen molar-refractivity contribution in [1.82, 2.24) is 19.6 Å². The SMILES string of the molecule is CCN(CC)CCN1C(=O)SC(=Cc2ccc3c(cnn3Cc3ccc(OC)cc3C(F)(F)F)c2)C1=O. The van der Waals surface area contributed by atoms with E-state index in [1.807, 2.05) is 13.8 Å². The van der Waals surface area contributed by atoms with Gasteiger partial charge in [0, 0.05) is 18.5 Å². The lowest BCUT2D eigenvalue weighted by Crippen LogP contribution is -2.37. The van der Waals surface area contributed by atoms with Crippen LogP contribution in [-0.4, -0.2) is 64.0 Å². The van der Waals surface area contributed by atoms with Gasteiger partial charge in [-0.15, -0.1) is 0 Å². The molecule has 1 fully saturated rings. The van der Waals surface area contributed by atoms with Crippen LogP contribution in [0.15, 0.2) is 47.5 Å². The van der Waals surface area contributed by atoms with Crippen LogP contribution in [0.5, 0.6) is 5.75 Å². The van der Waals surface area contributed by atoms with Crippen LogP contribution in [0.2, 0.25) is 0 Å².